The number of halogens is 2. The summed E-state index contributed by atoms with van der Waals surface area (Å²) in [6, 6.07) is 1.22. The van der Waals surface area contributed by atoms with Gasteiger partial charge in [-0.15, -0.1) is 0 Å². The largest absolute Gasteiger partial charge is 0.494 e. The molecule has 0 aliphatic rings. The molecular formula is C8H10F2N2O. The second kappa shape index (κ2) is 4.13. The van der Waals surface area contributed by atoms with Crippen LogP contribution in [0, 0.1) is 0 Å². The summed E-state index contributed by atoms with van der Waals surface area (Å²) in [6.45, 7) is 0.0870. The minimum Gasteiger partial charge on any atom is -0.494 e. The molecule has 1 aromatic rings. The van der Waals surface area contributed by atoms with Gasteiger partial charge in [0.05, 0.1) is 18.4 Å². The fraction of sp³-hybridized carbons (Fsp3) is 0.375. The lowest BCUT2D eigenvalue weighted by atomic mass is 10.2. The number of nitrogens with zero attached hydrogens (tertiary/aromatic N) is 1. The molecule has 0 aliphatic heterocycles. The van der Waals surface area contributed by atoms with Gasteiger partial charge < -0.3 is 10.5 Å². The van der Waals surface area contributed by atoms with Crippen LogP contribution in [0.4, 0.5) is 8.78 Å². The summed E-state index contributed by atoms with van der Waals surface area (Å²) in [4.78, 5) is 3.83. The van der Waals surface area contributed by atoms with E-state index in [1.165, 1.54) is 19.4 Å². The molecule has 5 heteroatoms. The van der Waals surface area contributed by atoms with Crippen molar-refractivity contribution in [2.24, 2.45) is 5.73 Å². The summed E-state index contributed by atoms with van der Waals surface area (Å²) >= 11 is 0. The molecule has 1 heterocycles. The number of alkyl halides is 2. The van der Waals surface area contributed by atoms with E-state index in [2.05, 4.69) is 4.98 Å². The molecule has 1 aromatic heterocycles. The van der Waals surface area contributed by atoms with E-state index in [4.69, 9.17) is 10.5 Å². The van der Waals surface area contributed by atoms with Crippen molar-refractivity contribution in [3.63, 3.8) is 0 Å². The van der Waals surface area contributed by atoms with Crippen LogP contribution in [0.3, 0.4) is 0 Å². The number of ether oxygens (including phenoxy) is 1. The first-order valence-corrected chi connectivity index (χ1v) is 3.70. The van der Waals surface area contributed by atoms with E-state index in [1.54, 1.807) is 0 Å². The molecular weight excluding hydrogens is 178 g/mol. The van der Waals surface area contributed by atoms with Gasteiger partial charge in [-0.25, -0.2) is 8.78 Å². The Morgan fingerprint density at radius 3 is 2.77 bits per heavy atom. The summed E-state index contributed by atoms with van der Waals surface area (Å²) in [7, 11) is 1.32. The topological polar surface area (TPSA) is 48.1 Å². The molecule has 0 atom stereocenters. The molecule has 0 bridgehead atoms. The highest BCUT2D eigenvalue weighted by Gasteiger charge is 2.16. The van der Waals surface area contributed by atoms with Crippen molar-refractivity contribution < 1.29 is 13.5 Å². The van der Waals surface area contributed by atoms with Crippen LogP contribution >= 0.6 is 0 Å². The number of hydrogen-bond donors (Lipinski definition) is 1. The van der Waals surface area contributed by atoms with Crippen molar-refractivity contribution in [1.29, 1.82) is 0 Å². The van der Waals surface area contributed by atoms with E-state index in [1.807, 2.05) is 0 Å². The zero-order chi connectivity index (χ0) is 9.84. The first-order chi connectivity index (χ1) is 6.20. The molecule has 0 saturated heterocycles. The Labute approximate surface area is 74.5 Å². The van der Waals surface area contributed by atoms with E-state index in [9.17, 15) is 8.78 Å². The molecule has 1 rings (SSSR count). The Morgan fingerprint density at radius 1 is 1.62 bits per heavy atom. The maximum atomic E-state index is 12.4. The second-order valence-corrected chi connectivity index (χ2v) is 2.38. The summed E-state index contributed by atoms with van der Waals surface area (Å²) in [5.41, 5.74) is 5.49. The highest BCUT2D eigenvalue weighted by Crippen LogP contribution is 2.30. The number of hydrogen-bond acceptors (Lipinski definition) is 3. The predicted octanol–water partition coefficient (Wildman–Crippen LogP) is 1.49. The first kappa shape index (κ1) is 9.85. The van der Waals surface area contributed by atoms with Crippen LogP contribution in [0.5, 0.6) is 5.75 Å². The summed E-state index contributed by atoms with van der Waals surface area (Å²) < 4.78 is 29.6. The summed E-state index contributed by atoms with van der Waals surface area (Å²) in [6.07, 6.45) is -1.27. The third-order valence-corrected chi connectivity index (χ3v) is 1.64. The number of pyridine rings is 1. The highest BCUT2D eigenvalue weighted by atomic mass is 19.3. The molecule has 0 aliphatic carbocycles. The van der Waals surface area contributed by atoms with Crippen LogP contribution in [0.15, 0.2) is 12.3 Å². The van der Waals surface area contributed by atoms with Crippen LogP contribution in [-0.2, 0) is 6.54 Å². The summed E-state index contributed by atoms with van der Waals surface area (Å²) in [5.74, 6) is 0.0833. The van der Waals surface area contributed by atoms with E-state index in [0.29, 0.717) is 5.69 Å². The van der Waals surface area contributed by atoms with E-state index < -0.39 is 6.43 Å². The number of methoxy groups -OCH3 is 1. The lowest BCUT2D eigenvalue weighted by Crippen LogP contribution is -2.05. The fourth-order valence-electron chi connectivity index (χ4n) is 1.06. The molecule has 0 radical (unpaired) electrons. The number of aromatic nitrogens is 1. The maximum Gasteiger partial charge on any atom is 0.267 e. The predicted molar refractivity (Wildman–Crippen MR) is 43.6 cm³/mol. The fourth-order valence-corrected chi connectivity index (χ4v) is 1.06. The normalized spacial score (nSPS) is 10.5. The SMILES string of the molecule is COc1c(C(F)F)ccnc1CN. The van der Waals surface area contributed by atoms with Crippen molar-refractivity contribution in [1.82, 2.24) is 4.98 Å². The Balaban J connectivity index is 3.19. The monoisotopic (exact) mass is 188 g/mol. The molecule has 0 aromatic carbocycles. The molecule has 3 nitrogen and oxygen atoms in total. The van der Waals surface area contributed by atoms with Crippen LogP contribution in [-0.4, -0.2) is 12.1 Å². The average molecular weight is 188 g/mol. The van der Waals surface area contributed by atoms with Gasteiger partial charge in [0.1, 0.15) is 0 Å². The van der Waals surface area contributed by atoms with E-state index in [0.717, 1.165) is 0 Å². The van der Waals surface area contributed by atoms with Gasteiger partial charge in [0.15, 0.2) is 5.75 Å². The minimum atomic E-state index is -2.57. The molecule has 0 spiro atoms. The smallest absolute Gasteiger partial charge is 0.267 e. The van der Waals surface area contributed by atoms with Crippen LogP contribution in [0.25, 0.3) is 0 Å². The Hall–Kier alpha value is -1.23. The van der Waals surface area contributed by atoms with Crippen molar-refractivity contribution in [2.45, 2.75) is 13.0 Å². The van der Waals surface area contributed by atoms with Gasteiger partial charge in [0.2, 0.25) is 0 Å². The quantitative estimate of drug-likeness (QED) is 0.781. The highest BCUT2D eigenvalue weighted by molar-refractivity contribution is 5.37. The molecule has 0 unspecified atom stereocenters. The Kier molecular flexibility index (Phi) is 3.13. The first-order valence-electron chi connectivity index (χ1n) is 3.70. The standard InChI is InChI=1S/C8H10F2N2O/c1-13-7-5(8(9)10)2-3-12-6(7)4-11/h2-3,8H,4,11H2,1H3. The molecule has 13 heavy (non-hydrogen) atoms. The zero-order valence-electron chi connectivity index (χ0n) is 7.13. The van der Waals surface area contributed by atoms with Gasteiger partial charge >= 0.3 is 0 Å². The summed E-state index contributed by atoms with van der Waals surface area (Å²) in [5, 5.41) is 0. The lowest BCUT2D eigenvalue weighted by Gasteiger charge is -2.10. The van der Waals surface area contributed by atoms with Crippen molar-refractivity contribution in [3.8, 4) is 5.75 Å². The zero-order valence-corrected chi connectivity index (χ0v) is 7.13. The van der Waals surface area contributed by atoms with E-state index in [-0.39, 0.29) is 17.9 Å². The number of nitrogens with two attached hydrogens (primary N) is 1. The average Bonchev–Trinajstić information content (AvgIpc) is 2.16. The van der Waals surface area contributed by atoms with Crippen molar-refractivity contribution in [3.05, 3.63) is 23.5 Å². The molecule has 0 fully saturated rings. The van der Waals surface area contributed by atoms with E-state index >= 15 is 0 Å². The van der Waals surface area contributed by atoms with Gasteiger partial charge in [0.25, 0.3) is 6.43 Å². The lowest BCUT2D eigenvalue weighted by molar-refractivity contribution is 0.146. The van der Waals surface area contributed by atoms with Gasteiger partial charge in [-0.2, -0.15) is 0 Å². The van der Waals surface area contributed by atoms with Crippen molar-refractivity contribution >= 4 is 0 Å². The second-order valence-electron chi connectivity index (χ2n) is 2.38. The maximum absolute atomic E-state index is 12.4. The Morgan fingerprint density at radius 2 is 2.31 bits per heavy atom. The molecule has 2 N–H and O–H groups in total. The number of rotatable bonds is 3. The molecule has 0 amide bonds. The van der Waals surface area contributed by atoms with Gasteiger partial charge in [-0.05, 0) is 6.07 Å². The third-order valence-electron chi connectivity index (χ3n) is 1.64. The van der Waals surface area contributed by atoms with Crippen LogP contribution in [0.2, 0.25) is 0 Å². The van der Waals surface area contributed by atoms with Gasteiger partial charge in [-0.3, -0.25) is 4.98 Å². The van der Waals surface area contributed by atoms with Gasteiger partial charge in [0, 0.05) is 12.7 Å². The third kappa shape index (κ3) is 1.92. The van der Waals surface area contributed by atoms with Crippen LogP contribution < -0.4 is 10.5 Å². The minimum absolute atomic E-state index is 0.0833. The van der Waals surface area contributed by atoms with Crippen molar-refractivity contribution in [2.75, 3.05) is 7.11 Å². The molecule has 0 saturated carbocycles. The van der Waals surface area contributed by atoms with Gasteiger partial charge in [-0.1, -0.05) is 0 Å². The molecule has 72 valence electrons. The van der Waals surface area contributed by atoms with Crippen LogP contribution in [0.1, 0.15) is 17.7 Å². The Bertz CT molecular complexity index is 291.